The predicted octanol–water partition coefficient (Wildman–Crippen LogP) is 3.15. The number of halogens is 2. The highest BCUT2D eigenvalue weighted by molar-refractivity contribution is 6.05. The molecular formula is C15H14F2N2O2. The number of anilines is 2. The fourth-order valence-electron chi connectivity index (χ4n) is 1.82. The van der Waals surface area contributed by atoms with Crippen LogP contribution in [0.25, 0.3) is 0 Å². The quantitative estimate of drug-likeness (QED) is 0.881. The van der Waals surface area contributed by atoms with Gasteiger partial charge in [0.1, 0.15) is 5.75 Å². The van der Waals surface area contributed by atoms with E-state index < -0.39 is 6.61 Å². The van der Waals surface area contributed by atoms with Crippen molar-refractivity contribution in [3.63, 3.8) is 0 Å². The van der Waals surface area contributed by atoms with Crippen molar-refractivity contribution >= 4 is 17.3 Å². The summed E-state index contributed by atoms with van der Waals surface area (Å²) in [6.45, 7) is -2.89. The summed E-state index contributed by atoms with van der Waals surface area (Å²) in [6, 6.07) is 12.4. The Kier molecular flexibility index (Phi) is 4.37. The highest BCUT2D eigenvalue weighted by atomic mass is 19.3. The van der Waals surface area contributed by atoms with E-state index in [2.05, 4.69) is 4.74 Å². The molecule has 0 fully saturated rings. The van der Waals surface area contributed by atoms with Crippen LogP contribution in [0.4, 0.5) is 20.2 Å². The van der Waals surface area contributed by atoms with Crippen LogP contribution >= 0.6 is 0 Å². The van der Waals surface area contributed by atoms with Crippen molar-refractivity contribution in [3.8, 4) is 5.75 Å². The summed E-state index contributed by atoms with van der Waals surface area (Å²) >= 11 is 0. The molecule has 2 rings (SSSR count). The minimum absolute atomic E-state index is 0.00755. The summed E-state index contributed by atoms with van der Waals surface area (Å²) in [5.41, 5.74) is 7.23. The Morgan fingerprint density at radius 1 is 1.19 bits per heavy atom. The fraction of sp³-hybridized carbons (Fsp3) is 0.133. The van der Waals surface area contributed by atoms with Gasteiger partial charge in [-0.1, -0.05) is 6.07 Å². The maximum absolute atomic E-state index is 12.3. The Morgan fingerprint density at radius 3 is 2.43 bits per heavy atom. The van der Waals surface area contributed by atoms with Crippen LogP contribution in [-0.2, 0) is 0 Å². The van der Waals surface area contributed by atoms with Crippen LogP contribution in [0, 0.1) is 0 Å². The molecule has 1 amide bonds. The molecule has 2 N–H and O–H groups in total. The molecule has 0 saturated carbocycles. The van der Waals surface area contributed by atoms with Crippen LogP contribution in [0.15, 0.2) is 48.5 Å². The number of carbonyl (C=O) groups excluding carboxylic acids is 1. The first kappa shape index (κ1) is 14.8. The first-order chi connectivity index (χ1) is 9.97. The van der Waals surface area contributed by atoms with Gasteiger partial charge in [-0.25, -0.2) is 0 Å². The number of nitrogens with two attached hydrogens (primary N) is 1. The van der Waals surface area contributed by atoms with Gasteiger partial charge in [0.25, 0.3) is 5.91 Å². The van der Waals surface area contributed by atoms with E-state index in [1.165, 1.54) is 29.2 Å². The molecule has 0 saturated heterocycles. The zero-order valence-electron chi connectivity index (χ0n) is 11.3. The van der Waals surface area contributed by atoms with Crippen LogP contribution in [-0.4, -0.2) is 19.6 Å². The predicted molar refractivity (Wildman–Crippen MR) is 76.7 cm³/mol. The Labute approximate surface area is 120 Å². The maximum Gasteiger partial charge on any atom is 0.387 e. The Hall–Kier alpha value is -2.63. The van der Waals surface area contributed by atoms with E-state index >= 15 is 0 Å². The molecule has 0 atom stereocenters. The molecule has 0 unspecified atom stereocenters. The smallest absolute Gasteiger partial charge is 0.387 e. The van der Waals surface area contributed by atoms with Gasteiger partial charge in [-0.2, -0.15) is 8.78 Å². The SMILES string of the molecule is CN(C(=O)c1ccc(OC(F)F)cc1)c1cccc(N)c1. The third-order valence-electron chi connectivity index (χ3n) is 2.89. The van der Waals surface area contributed by atoms with Crippen molar-refractivity contribution in [2.75, 3.05) is 17.7 Å². The molecule has 0 aromatic heterocycles. The number of benzene rings is 2. The van der Waals surface area contributed by atoms with Crippen molar-refractivity contribution in [3.05, 3.63) is 54.1 Å². The zero-order valence-corrected chi connectivity index (χ0v) is 11.3. The number of nitrogens with zero attached hydrogens (tertiary/aromatic N) is 1. The summed E-state index contributed by atoms with van der Waals surface area (Å²) in [5.74, 6) is -0.266. The number of amides is 1. The highest BCUT2D eigenvalue weighted by Crippen LogP contribution is 2.20. The summed E-state index contributed by atoms with van der Waals surface area (Å²) in [4.78, 5) is 13.7. The van der Waals surface area contributed by atoms with Crippen LogP contribution in [0.3, 0.4) is 0 Å². The first-order valence-electron chi connectivity index (χ1n) is 6.16. The Balaban J connectivity index is 2.16. The average Bonchev–Trinajstić information content (AvgIpc) is 2.46. The monoisotopic (exact) mass is 292 g/mol. The fourth-order valence-corrected chi connectivity index (χ4v) is 1.82. The van der Waals surface area contributed by atoms with Gasteiger partial charge >= 0.3 is 6.61 Å². The number of carbonyl (C=O) groups is 1. The second kappa shape index (κ2) is 6.21. The van der Waals surface area contributed by atoms with Crippen LogP contribution < -0.4 is 15.4 Å². The van der Waals surface area contributed by atoms with Crippen molar-refractivity contribution < 1.29 is 18.3 Å². The van der Waals surface area contributed by atoms with Crippen LogP contribution in [0.5, 0.6) is 5.75 Å². The van der Waals surface area contributed by atoms with E-state index in [9.17, 15) is 13.6 Å². The minimum atomic E-state index is -2.89. The maximum atomic E-state index is 12.3. The molecule has 0 aliphatic heterocycles. The van der Waals surface area contributed by atoms with Gasteiger partial charge in [-0.05, 0) is 42.5 Å². The van der Waals surface area contributed by atoms with Crippen LogP contribution in [0.2, 0.25) is 0 Å². The summed E-state index contributed by atoms with van der Waals surface area (Å²) in [6.07, 6.45) is 0. The normalized spacial score (nSPS) is 10.5. The molecule has 0 heterocycles. The Bertz CT molecular complexity index is 630. The molecule has 6 heteroatoms. The lowest BCUT2D eigenvalue weighted by atomic mass is 10.1. The van der Waals surface area contributed by atoms with E-state index in [0.29, 0.717) is 16.9 Å². The third kappa shape index (κ3) is 3.68. The standard InChI is InChI=1S/C15H14F2N2O2/c1-19(12-4-2-3-11(18)9-12)14(20)10-5-7-13(8-6-10)21-15(16)17/h2-9,15H,18H2,1H3. The minimum Gasteiger partial charge on any atom is -0.435 e. The van der Waals surface area contributed by atoms with Gasteiger partial charge < -0.3 is 15.4 Å². The molecule has 0 radical (unpaired) electrons. The van der Waals surface area contributed by atoms with Crippen molar-refractivity contribution in [1.29, 1.82) is 0 Å². The molecule has 2 aromatic rings. The lowest BCUT2D eigenvalue weighted by Gasteiger charge is -2.18. The van der Waals surface area contributed by atoms with Crippen molar-refractivity contribution in [2.45, 2.75) is 6.61 Å². The van der Waals surface area contributed by atoms with Gasteiger partial charge in [0.05, 0.1) is 0 Å². The second-order valence-corrected chi connectivity index (χ2v) is 4.36. The molecule has 0 spiro atoms. The number of alkyl halides is 2. The van der Waals surface area contributed by atoms with E-state index in [-0.39, 0.29) is 11.7 Å². The third-order valence-corrected chi connectivity index (χ3v) is 2.89. The largest absolute Gasteiger partial charge is 0.435 e. The van der Waals surface area contributed by atoms with E-state index in [1.807, 2.05) is 0 Å². The summed E-state index contributed by atoms with van der Waals surface area (Å²) in [7, 11) is 1.61. The van der Waals surface area contributed by atoms with Crippen molar-refractivity contribution in [2.24, 2.45) is 0 Å². The van der Waals surface area contributed by atoms with Crippen LogP contribution in [0.1, 0.15) is 10.4 Å². The van der Waals surface area contributed by atoms with E-state index in [0.717, 1.165) is 0 Å². The van der Waals surface area contributed by atoms with Gasteiger partial charge in [0, 0.05) is 24.0 Å². The van der Waals surface area contributed by atoms with Gasteiger partial charge in [0.2, 0.25) is 0 Å². The molecule has 0 aliphatic carbocycles. The summed E-state index contributed by atoms with van der Waals surface area (Å²) < 4.78 is 28.4. The number of hydrogen-bond acceptors (Lipinski definition) is 3. The average molecular weight is 292 g/mol. The van der Waals surface area contributed by atoms with E-state index in [4.69, 9.17) is 5.73 Å². The van der Waals surface area contributed by atoms with Gasteiger partial charge in [0.15, 0.2) is 0 Å². The highest BCUT2D eigenvalue weighted by Gasteiger charge is 2.14. The van der Waals surface area contributed by atoms with Gasteiger partial charge in [-0.3, -0.25) is 4.79 Å². The summed E-state index contributed by atoms with van der Waals surface area (Å²) in [5, 5.41) is 0. The zero-order chi connectivity index (χ0) is 15.4. The molecular weight excluding hydrogens is 278 g/mol. The number of ether oxygens (including phenoxy) is 1. The molecule has 0 bridgehead atoms. The lowest BCUT2D eigenvalue weighted by molar-refractivity contribution is -0.0498. The number of rotatable bonds is 4. The Morgan fingerprint density at radius 2 is 1.86 bits per heavy atom. The first-order valence-corrected chi connectivity index (χ1v) is 6.16. The topological polar surface area (TPSA) is 55.6 Å². The number of nitrogen functional groups attached to an aromatic ring is 1. The molecule has 21 heavy (non-hydrogen) atoms. The van der Waals surface area contributed by atoms with Gasteiger partial charge in [-0.15, -0.1) is 0 Å². The lowest BCUT2D eigenvalue weighted by Crippen LogP contribution is -2.26. The second-order valence-electron chi connectivity index (χ2n) is 4.36. The molecule has 2 aromatic carbocycles. The van der Waals surface area contributed by atoms with Crippen molar-refractivity contribution in [1.82, 2.24) is 0 Å². The van der Waals surface area contributed by atoms with E-state index in [1.54, 1.807) is 31.3 Å². The molecule has 4 nitrogen and oxygen atoms in total. The molecule has 0 aliphatic rings. The molecule has 110 valence electrons. The number of hydrogen-bond donors (Lipinski definition) is 1.